The third-order valence-corrected chi connectivity index (χ3v) is 3.36. The molecule has 0 aliphatic heterocycles. The monoisotopic (exact) mass is 240 g/mol. The van der Waals surface area contributed by atoms with Gasteiger partial charge in [-0.3, -0.25) is 4.68 Å². The average molecular weight is 240 g/mol. The number of hydrogen-bond donors (Lipinski definition) is 0. The maximum Gasteiger partial charge on any atom is 0.106 e. The minimum absolute atomic E-state index is 0.936. The lowest BCUT2D eigenvalue weighted by molar-refractivity contribution is 0.636. The summed E-state index contributed by atoms with van der Waals surface area (Å²) in [4.78, 5) is 4.58. The van der Waals surface area contributed by atoms with Crippen LogP contribution >= 0.6 is 0 Å². The molecule has 0 spiro atoms. The van der Waals surface area contributed by atoms with Crippen molar-refractivity contribution in [1.82, 2.24) is 19.3 Å². The maximum absolute atomic E-state index is 4.58. The molecule has 0 aliphatic rings. The van der Waals surface area contributed by atoms with Gasteiger partial charge in [0.2, 0.25) is 0 Å². The van der Waals surface area contributed by atoms with Crippen LogP contribution in [0.15, 0.2) is 36.5 Å². The van der Waals surface area contributed by atoms with Crippen molar-refractivity contribution in [2.75, 3.05) is 0 Å². The molecular formula is C14H16N4. The molecule has 4 nitrogen and oxygen atoms in total. The summed E-state index contributed by atoms with van der Waals surface area (Å²) >= 11 is 0. The zero-order chi connectivity index (χ0) is 12.5. The third-order valence-electron chi connectivity index (χ3n) is 3.36. The molecule has 0 atom stereocenters. The second kappa shape index (κ2) is 4.29. The number of nitrogens with zero attached hydrogens (tertiary/aromatic N) is 4. The van der Waals surface area contributed by atoms with E-state index < -0.39 is 0 Å². The minimum atomic E-state index is 0.936. The van der Waals surface area contributed by atoms with E-state index in [0.717, 1.165) is 24.3 Å². The van der Waals surface area contributed by atoms with Crippen LogP contribution in [-0.2, 0) is 20.0 Å². The number of imidazole rings is 1. The van der Waals surface area contributed by atoms with Crippen LogP contribution in [0.25, 0.3) is 11.0 Å². The number of benzene rings is 1. The molecular weight excluding hydrogens is 224 g/mol. The Hall–Kier alpha value is -2.10. The molecule has 3 aromatic rings. The van der Waals surface area contributed by atoms with Crippen molar-refractivity contribution in [3.8, 4) is 0 Å². The predicted octanol–water partition coefficient (Wildman–Crippen LogP) is 2.32. The van der Waals surface area contributed by atoms with Gasteiger partial charge in [-0.25, -0.2) is 4.98 Å². The second-order valence-electron chi connectivity index (χ2n) is 4.50. The first kappa shape index (κ1) is 11.0. The van der Waals surface area contributed by atoms with Gasteiger partial charge in [-0.15, -0.1) is 0 Å². The Labute approximate surface area is 106 Å². The Morgan fingerprint density at radius 3 is 2.78 bits per heavy atom. The smallest absolute Gasteiger partial charge is 0.106 e. The topological polar surface area (TPSA) is 35.6 Å². The van der Waals surface area contributed by atoms with Crippen molar-refractivity contribution in [2.24, 2.45) is 7.05 Å². The van der Waals surface area contributed by atoms with Crippen LogP contribution in [0.4, 0.5) is 0 Å². The quantitative estimate of drug-likeness (QED) is 0.704. The molecule has 0 unspecified atom stereocenters. The van der Waals surface area contributed by atoms with E-state index >= 15 is 0 Å². The Balaban J connectivity index is 1.91. The van der Waals surface area contributed by atoms with Crippen LogP contribution in [0.2, 0.25) is 0 Å². The van der Waals surface area contributed by atoms with Crippen LogP contribution in [0.5, 0.6) is 0 Å². The zero-order valence-corrected chi connectivity index (χ0v) is 10.7. The normalized spacial score (nSPS) is 11.2. The first-order valence-electron chi connectivity index (χ1n) is 6.14. The molecule has 92 valence electrons. The summed E-state index contributed by atoms with van der Waals surface area (Å²) < 4.78 is 4.19. The van der Waals surface area contributed by atoms with Crippen molar-refractivity contribution in [2.45, 2.75) is 19.9 Å². The van der Waals surface area contributed by atoms with Gasteiger partial charge in [0.15, 0.2) is 0 Å². The number of fused-ring (bicyclic) bond motifs is 1. The van der Waals surface area contributed by atoms with Crippen molar-refractivity contribution >= 4 is 11.0 Å². The fourth-order valence-corrected chi connectivity index (χ4v) is 2.35. The molecule has 0 amide bonds. The first-order chi connectivity index (χ1) is 8.75. The highest BCUT2D eigenvalue weighted by molar-refractivity contribution is 5.75. The van der Waals surface area contributed by atoms with Crippen molar-refractivity contribution in [3.05, 3.63) is 48.0 Å². The Morgan fingerprint density at radius 2 is 2.00 bits per heavy atom. The van der Waals surface area contributed by atoms with Gasteiger partial charge in [0.25, 0.3) is 0 Å². The Kier molecular flexibility index (Phi) is 2.63. The lowest BCUT2D eigenvalue weighted by atomic mass is 10.3. The lowest BCUT2D eigenvalue weighted by Crippen LogP contribution is -2.06. The lowest BCUT2D eigenvalue weighted by Gasteiger charge is -2.07. The van der Waals surface area contributed by atoms with E-state index in [0.29, 0.717) is 0 Å². The molecule has 0 saturated heterocycles. The molecule has 0 saturated carbocycles. The van der Waals surface area contributed by atoms with Gasteiger partial charge in [-0.05, 0) is 25.1 Å². The van der Waals surface area contributed by atoms with Crippen LogP contribution in [0.3, 0.4) is 0 Å². The van der Waals surface area contributed by atoms with Crippen LogP contribution in [0, 0.1) is 6.92 Å². The molecule has 1 aromatic carbocycles. The number of para-hydroxylation sites is 2. The number of aromatic nitrogens is 4. The highest BCUT2D eigenvalue weighted by Crippen LogP contribution is 2.16. The summed E-state index contributed by atoms with van der Waals surface area (Å²) in [5.41, 5.74) is 3.52. The molecule has 3 rings (SSSR count). The zero-order valence-electron chi connectivity index (χ0n) is 10.7. The van der Waals surface area contributed by atoms with Gasteiger partial charge in [-0.1, -0.05) is 12.1 Å². The fraction of sp³-hybridized carbons (Fsp3) is 0.286. The molecule has 18 heavy (non-hydrogen) atoms. The number of rotatable bonds is 3. The maximum atomic E-state index is 4.58. The molecule has 0 fully saturated rings. The molecule has 0 aliphatic carbocycles. The number of hydrogen-bond acceptors (Lipinski definition) is 2. The summed E-state index contributed by atoms with van der Waals surface area (Å²) in [6.07, 6.45) is 2.81. The summed E-state index contributed by atoms with van der Waals surface area (Å²) in [5.74, 6) is 1.07. The van der Waals surface area contributed by atoms with E-state index in [1.165, 1.54) is 11.2 Å². The van der Waals surface area contributed by atoms with Crippen molar-refractivity contribution < 1.29 is 0 Å². The summed E-state index contributed by atoms with van der Waals surface area (Å²) in [6, 6.07) is 10.3. The molecule has 2 aromatic heterocycles. The molecule has 4 heteroatoms. The van der Waals surface area contributed by atoms with Gasteiger partial charge in [0.05, 0.1) is 11.0 Å². The molecule has 0 radical (unpaired) electrons. The van der Waals surface area contributed by atoms with Gasteiger partial charge in [-0.2, -0.15) is 5.10 Å². The van der Waals surface area contributed by atoms with E-state index in [1.54, 1.807) is 0 Å². The van der Waals surface area contributed by atoms with E-state index in [4.69, 9.17) is 0 Å². The Bertz CT molecular complexity index is 678. The fourth-order valence-electron chi connectivity index (χ4n) is 2.35. The van der Waals surface area contributed by atoms with Gasteiger partial charge in [0, 0.05) is 31.9 Å². The standard InChI is InChI=1S/C14H16N4/c1-11-16-13-5-3-4-6-14(13)18(11)10-8-12-7-9-15-17(12)2/h3-7,9H,8,10H2,1-2H3. The van der Waals surface area contributed by atoms with Crippen molar-refractivity contribution in [1.29, 1.82) is 0 Å². The van der Waals surface area contributed by atoms with E-state index in [2.05, 4.69) is 45.8 Å². The van der Waals surface area contributed by atoms with Crippen LogP contribution in [-0.4, -0.2) is 19.3 Å². The van der Waals surface area contributed by atoms with E-state index in [-0.39, 0.29) is 0 Å². The minimum Gasteiger partial charge on any atom is -0.328 e. The number of aryl methyl sites for hydroxylation is 4. The second-order valence-corrected chi connectivity index (χ2v) is 4.50. The predicted molar refractivity (Wildman–Crippen MR) is 71.4 cm³/mol. The molecule has 0 bridgehead atoms. The van der Waals surface area contributed by atoms with Crippen molar-refractivity contribution in [3.63, 3.8) is 0 Å². The molecule has 0 N–H and O–H groups in total. The first-order valence-corrected chi connectivity index (χ1v) is 6.14. The Morgan fingerprint density at radius 1 is 1.17 bits per heavy atom. The van der Waals surface area contributed by atoms with Gasteiger partial charge < -0.3 is 4.57 Å². The summed E-state index contributed by atoms with van der Waals surface area (Å²) in [5, 5.41) is 4.19. The van der Waals surface area contributed by atoms with Gasteiger partial charge >= 0.3 is 0 Å². The summed E-state index contributed by atoms with van der Waals surface area (Å²) in [6.45, 7) is 3.00. The van der Waals surface area contributed by atoms with E-state index in [1.807, 2.05) is 24.0 Å². The summed E-state index contributed by atoms with van der Waals surface area (Å²) in [7, 11) is 1.98. The largest absolute Gasteiger partial charge is 0.328 e. The highest BCUT2D eigenvalue weighted by atomic mass is 15.3. The average Bonchev–Trinajstić information content (AvgIpc) is 2.90. The van der Waals surface area contributed by atoms with E-state index in [9.17, 15) is 0 Å². The van der Waals surface area contributed by atoms with Crippen LogP contribution < -0.4 is 0 Å². The SMILES string of the molecule is Cc1nc2ccccc2n1CCc1ccnn1C. The van der Waals surface area contributed by atoms with Gasteiger partial charge in [0.1, 0.15) is 5.82 Å². The molecule has 2 heterocycles. The van der Waals surface area contributed by atoms with Crippen LogP contribution in [0.1, 0.15) is 11.5 Å². The third kappa shape index (κ3) is 1.79. The highest BCUT2D eigenvalue weighted by Gasteiger charge is 2.07.